The van der Waals surface area contributed by atoms with Gasteiger partial charge in [-0.15, -0.1) is 0 Å². The zero-order chi connectivity index (χ0) is 18.5. The molecule has 2 amide bonds. The first-order chi connectivity index (χ1) is 12.5. The van der Waals surface area contributed by atoms with E-state index in [0.29, 0.717) is 11.3 Å². The molecule has 1 aliphatic rings. The molecule has 5 heteroatoms. The molecule has 3 rings (SSSR count). The van der Waals surface area contributed by atoms with Gasteiger partial charge in [-0.1, -0.05) is 18.9 Å². The first kappa shape index (κ1) is 18.0. The number of aryl methyl sites for hydroxylation is 2. The summed E-state index contributed by atoms with van der Waals surface area (Å²) in [5.74, 6) is -0.0834. The van der Waals surface area contributed by atoms with E-state index in [1.54, 1.807) is 24.3 Å². The van der Waals surface area contributed by atoms with Crippen LogP contribution in [0, 0.1) is 13.8 Å². The maximum Gasteiger partial charge on any atom is 0.268 e. The van der Waals surface area contributed by atoms with E-state index in [0.717, 1.165) is 36.8 Å². The first-order valence-electron chi connectivity index (χ1n) is 8.97. The Balaban J connectivity index is 1.79. The Morgan fingerprint density at radius 2 is 1.88 bits per heavy atom. The average Bonchev–Trinajstić information content (AvgIpc) is 3.30. The number of furan rings is 1. The van der Waals surface area contributed by atoms with Crippen molar-refractivity contribution in [3.8, 4) is 0 Å². The van der Waals surface area contributed by atoms with Crippen molar-refractivity contribution in [3.05, 3.63) is 64.7 Å². The molecule has 0 unspecified atom stereocenters. The van der Waals surface area contributed by atoms with Crippen LogP contribution in [0.4, 0.5) is 0 Å². The highest BCUT2D eigenvalue weighted by Gasteiger charge is 2.21. The van der Waals surface area contributed by atoms with Gasteiger partial charge in [0.15, 0.2) is 0 Å². The third-order valence-corrected chi connectivity index (χ3v) is 4.78. The van der Waals surface area contributed by atoms with Crippen LogP contribution < -0.4 is 10.6 Å². The fraction of sp³-hybridized carbons (Fsp3) is 0.333. The van der Waals surface area contributed by atoms with Crippen LogP contribution in [0.25, 0.3) is 6.08 Å². The summed E-state index contributed by atoms with van der Waals surface area (Å²) in [6.45, 7) is 3.95. The molecule has 1 heterocycles. The Kier molecular flexibility index (Phi) is 5.56. The number of hydrogen-bond donors (Lipinski definition) is 2. The maximum absolute atomic E-state index is 12.7. The molecule has 0 spiro atoms. The third kappa shape index (κ3) is 4.42. The standard InChI is InChI=1S/C21H24N2O3/c1-14-9-10-16(12-15(14)2)20(24)23-19(13-18-8-5-11-26-18)21(25)22-17-6-3-4-7-17/h5,8-13,17H,3-4,6-7H2,1-2H3,(H,22,25)(H,23,24)/b19-13+. The molecule has 136 valence electrons. The molecule has 2 N–H and O–H groups in total. The predicted octanol–water partition coefficient (Wildman–Crippen LogP) is 3.73. The van der Waals surface area contributed by atoms with Crippen molar-refractivity contribution in [3.63, 3.8) is 0 Å². The van der Waals surface area contributed by atoms with E-state index in [2.05, 4.69) is 10.6 Å². The highest BCUT2D eigenvalue weighted by molar-refractivity contribution is 6.05. The smallest absolute Gasteiger partial charge is 0.268 e. The van der Waals surface area contributed by atoms with Crippen LogP contribution in [0.3, 0.4) is 0 Å². The molecule has 2 aromatic rings. The lowest BCUT2D eigenvalue weighted by Crippen LogP contribution is -2.39. The molecule has 1 saturated carbocycles. The monoisotopic (exact) mass is 352 g/mol. The highest BCUT2D eigenvalue weighted by atomic mass is 16.3. The Morgan fingerprint density at radius 3 is 2.54 bits per heavy atom. The summed E-state index contributed by atoms with van der Waals surface area (Å²) >= 11 is 0. The van der Waals surface area contributed by atoms with Crippen molar-refractivity contribution in [2.24, 2.45) is 0 Å². The minimum absolute atomic E-state index is 0.168. The lowest BCUT2D eigenvalue weighted by atomic mass is 10.1. The number of carbonyl (C=O) groups is 2. The van der Waals surface area contributed by atoms with Crippen LogP contribution in [0.5, 0.6) is 0 Å². The van der Waals surface area contributed by atoms with E-state index in [9.17, 15) is 9.59 Å². The lowest BCUT2D eigenvalue weighted by molar-refractivity contribution is -0.118. The van der Waals surface area contributed by atoms with Crippen LogP contribution in [-0.4, -0.2) is 17.9 Å². The van der Waals surface area contributed by atoms with Gasteiger partial charge < -0.3 is 15.1 Å². The van der Waals surface area contributed by atoms with Crippen LogP contribution in [0.15, 0.2) is 46.7 Å². The van der Waals surface area contributed by atoms with Gasteiger partial charge in [0, 0.05) is 17.7 Å². The Labute approximate surface area is 153 Å². The zero-order valence-corrected chi connectivity index (χ0v) is 15.2. The second-order valence-electron chi connectivity index (χ2n) is 6.78. The molecule has 0 atom stereocenters. The summed E-state index contributed by atoms with van der Waals surface area (Å²) in [6, 6.07) is 9.13. The van der Waals surface area contributed by atoms with Crippen molar-refractivity contribution in [2.75, 3.05) is 0 Å². The Morgan fingerprint density at radius 1 is 1.12 bits per heavy atom. The molecular weight excluding hydrogens is 328 g/mol. The number of rotatable bonds is 5. The van der Waals surface area contributed by atoms with Crippen LogP contribution >= 0.6 is 0 Å². The molecule has 1 aliphatic carbocycles. The molecule has 0 bridgehead atoms. The van der Waals surface area contributed by atoms with Gasteiger partial charge in [-0.3, -0.25) is 9.59 Å². The Hall–Kier alpha value is -2.82. The molecule has 26 heavy (non-hydrogen) atoms. The Bertz CT molecular complexity index is 816. The summed E-state index contributed by atoms with van der Waals surface area (Å²) in [4.78, 5) is 25.3. The number of nitrogens with one attached hydrogen (secondary N) is 2. The van der Waals surface area contributed by atoms with Gasteiger partial charge in [-0.05, 0) is 62.1 Å². The second-order valence-corrected chi connectivity index (χ2v) is 6.78. The quantitative estimate of drug-likeness (QED) is 0.806. The zero-order valence-electron chi connectivity index (χ0n) is 15.2. The number of carbonyl (C=O) groups excluding carboxylic acids is 2. The van der Waals surface area contributed by atoms with Gasteiger partial charge in [0.05, 0.1) is 6.26 Å². The minimum atomic E-state index is -0.313. The molecule has 1 fully saturated rings. The van der Waals surface area contributed by atoms with E-state index in [1.165, 1.54) is 6.26 Å². The number of amides is 2. The van der Waals surface area contributed by atoms with Crippen molar-refractivity contribution in [1.82, 2.24) is 10.6 Å². The van der Waals surface area contributed by atoms with Crippen LogP contribution in [0.1, 0.15) is 52.9 Å². The summed E-state index contributed by atoms with van der Waals surface area (Å²) < 4.78 is 5.30. The summed E-state index contributed by atoms with van der Waals surface area (Å²) in [7, 11) is 0. The number of benzene rings is 1. The van der Waals surface area contributed by atoms with Crippen molar-refractivity contribution < 1.29 is 14.0 Å². The number of hydrogen-bond acceptors (Lipinski definition) is 3. The molecule has 1 aromatic heterocycles. The predicted molar refractivity (Wildman–Crippen MR) is 100 cm³/mol. The normalized spacial score (nSPS) is 15.1. The fourth-order valence-electron chi connectivity index (χ4n) is 3.08. The summed E-state index contributed by atoms with van der Waals surface area (Å²) in [6.07, 6.45) is 7.29. The van der Waals surface area contributed by atoms with Crippen molar-refractivity contribution >= 4 is 17.9 Å². The second kappa shape index (κ2) is 8.04. The van der Waals surface area contributed by atoms with Gasteiger partial charge in [0.2, 0.25) is 0 Å². The summed E-state index contributed by atoms with van der Waals surface area (Å²) in [5.41, 5.74) is 2.86. The molecule has 1 aromatic carbocycles. The minimum Gasteiger partial charge on any atom is -0.465 e. The van der Waals surface area contributed by atoms with Crippen LogP contribution in [-0.2, 0) is 4.79 Å². The highest BCUT2D eigenvalue weighted by Crippen LogP contribution is 2.18. The maximum atomic E-state index is 12.7. The fourth-order valence-corrected chi connectivity index (χ4v) is 3.08. The van der Waals surface area contributed by atoms with E-state index >= 15 is 0 Å². The lowest BCUT2D eigenvalue weighted by Gasteiger charge is -2.15. The molecule has 0 aliphatic heterocycles. The van der Waals surface area contributed by atoms with E-state index in [4.69, 9.17) is 4.42 Å². The van der Waals surface area contributed by atoms with Gasteiger partial charge in [0.1, 0.15) is 11.5 Å². The molecular formula is C21H24N2O3. The van der Waals surface area contributed by atoms with Gasteiger partial charge in [-0.2, -0.15) is 0 Å². The molecule has 0 radical (unpaired) electrons. The average molecular weight is 352 g/mol. The van der Waals surface area contributed by atoms with Gasteiger partial charge in [-0.25, -0.2) is 0 Å². The van der Waals surface area contributed by atoms with Gasteiger partial charge in [0.25, 0.3) is 11.8 Å². The van der Waals surface area contributed by atoms with E-state index in [1.807, 2.05) is 26.0 Å². The summed E-state index contributed by atoms with van der Waals surface area (Å²) in [5, 5.41) is 5.75. The SMILES string of the molecule is Cc1ccc(C(=O)N/C(=C/c2ccco2)C(=O)NC2CCCC2)cc1C. The third-order valence-electron chi connectivity index (χ3n) is 4.78. The first-order valence-corrected chi connectivity index (χ1v) is 8.97. The van der Waals surface area contributed by atoms with Gasteiger partial charge >= 0.3 is 0 Å². The largest absolute Gasteiger partial charge is 0.465 e. The van der Waals surface area contributed by atoms with Crippen LogP contribution in [0.2, 0.25) is 0 Å². The van der Waals surface area contributed by atoms with Crippen molar-refractivity contribution in [1.29, 1.82) is 0 Å². The van der Waals surface area contributed by atoms with E-state index < -0.39 is 0 Å². The molecule has 5 nitrogen and oxygen atoms in total. The van der Waals surface area contributed by atoms with E-state index in [-0.39, 0.29) is 23.6 Å². The van der Waals surface area contributed by atoms with Crippen molar-refractivity contribution in [2.45, 2.75) is 45.6 Å². The molecule has 0 saturated heterocycles. The topological polar surface area (TPSA) is 71.3 Å².